The summed E-state index contributed by atoms with van der Waals surface area (Å²) in [6.45, 7) is 8.40. The highest BCUT2D eigenvalue weighted by atomic mass is 35.5. The molecular formula is C24H23Cl2N3O3. The first-order valence-corrected chi connectivity index (χ1v) is 11.2. The Morgan fingerprint density at radius 2 is 1.94 bits per heavy atom. The molecule has 8 heteroatoms. The molecule has 1 saturated heterocycles. The second kappa shape index (κ2) is 8.72. The van der Waals surface area contributed by atoms with E-state index >= 15 is 0 Å². The summed E-state index contributed by atoms with van der Waals surface area (Å²) in [4.78, 5) is 31.1. The van der Waals surface area contributed by atoms with Crippen molar-refractivity contribution < 1.29 is 14.3 Å². The number of nitrogens with zero attached hydrogens (tertiary/aromatic N) is 3. The second-order valence-electron chi connectivity index (χ2n) is 7.81. The van der Waals surface area contributed by atoms with Crippen LogP contribution in [-0.2, 0) is 14.3 Å². The fraction of sp³-hybridized carbons (Fsp3) is 0.333. The normalized spacial score (nSPS) is 16.7. The maximum atomic E-state index is 12.4. The van der Waals surface area contributed by atoms with Crippen LogP contribution in [-0.4, -0.2) is 40.5 Å². The van der Waals surface area contributed by atoms with E-state index in [1.165, 1.54) is 0 Å². The lowest BCUT2D eigenvalue weighted by Gasteiger charge is -2.34. The summed E-state index contributed by atoms with van der Waals surface area (Å²) in [6, 6.07) is 7.28. The van der Waals surface area contributed by atoms with Gasteiger partial charge in [-0.25, -0.2) is 9.78 Å². The number of ether oxygens (including phenoxy) is 1. The van der Waals surface area contributed by atoms with Crippen LogP contribution in [0.25, 0.3) is 16.7 Å². The van der Waals surface area contributed by atoms with Crippen molar-refractivity contribution in [2.45, 2.75) is 40.2 Å². The molecule has 1 aliphatic heterocycles. The molecule has 1 atom stereocenters. The highest BCUT2D eigenvalue weighted by Crippen LogP contribution is 2.39. The van der Waals surface area contributed by atoms with Crippen LogP contribution < -0.4 is 4.90 Å². The molecule has 3 aromatic rings. The Labute approximate surface area is 196 Å². The number of carbonyl (C=O) groups is 1. The van der Waals surface area contributed by atoms with E-state index in [1.807, 2.05) is 48.3 Å². The van der Waals surface area contributed by atoms with E-state index in [-0.39, 0.29) is 17.9 Å². The van der Waals surface area contributed by atoms with Crippen molar-refractivity contribution in [2.75, 3.05) is 18.1 Å². The second-order valence-corrected chi connectivity index (χ2v) is 8.66. The minimum absolute atomic E-state index is 0.109. The van der Waals surface area contributed by atoms with Crippen LogP contribution in [0.15, 0.2) is 30.0 Å². The zero-order valence-corrected chi connectivity index (χ0v) is 19.8. The lowest BCUT2D eigenvalue weighted by atomic mass is 10.0. The van der Waals surface area contributed by atoms with Gasteiger partial charge in [0.2, 0.25) is 0 Å². The Bertz CT molecular complexity index is 1290. The summed E-state index contributed by atoms with van der Waals surface area (Å²) in [6.07, 6.45) is -0.635. The van der Waals surface area contributed by atoms with Crippen molar-refractivity contribution in [3.8, 4) is 5.69 Å². The molecule has 0 radical (unpaired) electrons. The molecule has 4 rings (SSSR count). The van der Waals surface area contributed by atoms with Gasteiger partial charge in [-0.2, -0.15) is 0 Å². The van der Waals surface area contributed by atoms with E-state index in [0.717, 1.165) is 33.7 Å². The van der Waals surface area contributed by atoms with E-state index in [2.05, 4.69) is 0 Å². The summed E-state index contributed by atoms with van der Waals surface area (Å²) < 4.78 is 7.61. The fourth-order valence-corrected chi connectivity index (χ4v) is 4.80. The molecule has 3 heterocycles. The zero-order chi connectivity index (χ0) is 23.2. The molecule has 32 heavy (non-hydrogen) atoms. The van der Waals surface area contributed by atoms with Gasteiger partial charge in [-0.15, -0.1) is 0 Å². The van der Waals surface area contributed by atoms with Gasteiger partial charge >= 0.3 is 0 Å². The quantitative estimate of drug-likeness (QED) is 0.491. The molecule has 0 aliphatic carbocycles. The Morgan fingerprint density at radius 1 is 1.19 bits per heavy atom. The molecule has 0 spiro atoms. The average Bonchev–Trinajstić information content (AvgIpc) is 2.99. The maximum Gasteiger partial charge on any atom is 0.170 e. The number of carbonyl (C=O) groups excluding carboxylic acids is 2. The smallest absolute Gasteiger partial charge is 0.170 e. The highest BCUT2D eigenvalue weighted by molar-refractivity contribution is 6.35. The molecule has 0 bridgehead atoms. The molecule has 6 nitrogen and oxygen atoms in total. The zero-order valence-electron chi connectivity index (χ0n) is 18.3. The first kappa shape index (κ1) is 22.6. The molecular weight excluding hydrogens is 449 g/mol. The molecule has 0 saturated carbocycles. The van der Waals surface area contributed by atoms with E-state index in [1.54, 1.807) is 19.1 Å². The van der Waals surface area contributed by atoms with Gasteiger partial charge in [-0.1, -0.05) is 23.2 Å². The van der Waals surface area contributed by atoms with E-state index in [4.69, 9.17) is 32.9 Å². The molecule has 1 aromatic carbocycles. The number of pyridine rings is 1. The van der Waals surface area contributed by atoms with Gasteiger partial charge in [0.1, 0.15) is 17.3 Å². The molecule has 166 valence electrons. The number of benzene rings is 1. The summed E-state index contributed by atoms with van der Waals surface area (Å²) in [5.74, 6) is 1.86. The number of piperidine rings is 1. The van der Waals surface area contributed by atoms with Crippen LogP contribution >= 0.6 is 23.2 Å². The molecule has 1 unspecified atom stereocenters. The molecule has 2 aromatic heterocycles. The number of aromatic nitrogens is 2. The van der Waals surface area contributed by atoms with Gasteiger partial charge in [0, 0.05) is 41.4 Å². The molecule has 0 N–H and O–H groups in total. The summed E-state index contributed by atoms with van der Waals surface area (Å²) >= 11 is 12.6. The Morgan fingerprint density at radius 3 is 2.59 bits per heavy atom. The largest absolute Gasteiger partial charge is 0.364 e. The number of halogens is 2. The van der Waals surface area contributed by atoms with Crippen molar-refractivity contribution in [2.24, 2.45) is 0 Å². The summed E-state index contributed by atoms with van der Waals surface area (Å²) in [7, 11) is 0. The van der Waals surface area contributed by atoms with Gasteiger partial charge in [0.25, 0.3) is 0 Å². The monoisotopic (exact) mass is 471 g/mol. The third-order valence-corrected chi connectivity index (χ3v) is 6.40. The third kappa shape index (κ3) is 3.63. The number of anilines is 1. The predicted octanol–water partition coefficient (Wildman–Crippen LogP) is 5.16. The van der Waals surface area contributed by atoms with E-state index in [9.17, 15) is 9.59 Å². The topological polar surface area (TPSA) is 64.4 Å². The van der Waals surface area contributed by atoms with Crippen molar-refractivity contribution >= 4 is 51.6 Å². The van der Waals surface area contributed by atoms with Crippen molar-refractivity contribution in [1.29, 1.82) is 0 Å². The highest BCUT2D eigenvalue weighted by Gasteiger charge is 2.36. The van der Waals surface area contributed by atoms with Crippen LogP contribution in [0.5, 0.6) is 0 Å². The number of ketones is 1. The average molecular weight is 472 g/mol. The van der Waals surface area contributed by atoms with Gasteiger partial charge in [-0.05, 0) is 57.5 Å². The van der Waals surface area contributed by atoms with Gasteiger partial charge in [0.05, 0.1) is 16.4 Å². The molecule has 0 amide bonds. The van der Waals surface area contributed by atoms with Crippen LogP contribution in [0.1, 0.15) is 30.3 Å². The van der Waals surface area contributed by atoms with Crippen LogP contribution in [0, 0.1) is 20.8 Å². The number of fused-ring (bicyclic) bond motifs is 1. The first-order valence-electron chi connectivity index (χ1n) is 10.4. The van der Waals surface area contributed by atoms with Gasteiger partial charge in [0.15, 0.2) is 11.9 Å². The van der Waals surface area contributed by atoms with Crippen LogP contribution in [0.2, 0.25) is 10.0 Å². The number of Topliss-reactive ketones (excluding diaryl/α,β-unsaturated/α-hetero) is 1. The Hall–Kier alpha value is -2.63. The van der Waals surface area contributed by atoms with Crippen molar-refractivity contribution in [3.05, 3.63) is 57.0 Å². The van der Waals surface area contributed by atoms with Crippen molar-refractivity contribution in [3.63, 3.8) is 0 Å². The van der Waals surface area contributed by atoms with Crippen molar-refractivity contribution in [1.82, 2.24) is 9.55 Å². The van der Waals surface area contributed by atoms with Gasteiger partial charge in [-0.3, -0.25) is 9.36 Å². The number of aryl methyl sites for hydroxylation is 2. The third-order valence-electron chi connectivity index (χ3n) is 5.87. The number of hydrogen-bond acceptors (Lipinski definition) is 5. The van der Waals surface area contributed by atoms with Gasteiger partial charge < -0.3 is 9.64 Å². The minimum Gasteiger partial charge on any atom is -0.364 e. The molecule has 1 fully saturated rings. The lowest BCUT2D eigenvalue weighted by molar-refractivity contribution is -0.128. The molecule has 1 aliphatic rings. The fourth-order valence-electron chi connectivity index (χ4n) is 4.30. The van der Waals surface area contributed by atoms with Crippen LogP contribution in [0.3, 0.4) is 0 Å². The maximum absolute atomic E-state index is 12.4. The first-order chi connectivity index (χ1) is 15.3. The van der Waals surface area contributed by atoms with Crippen LogP contribution in [0.4, 0.5) is 5.69 Å². The summed E-state index contributed by atoms with van der Waals surface area (Å²) in [5, 5.41) is 1.95. The summed E-state index contributed by atoms with van der Waals surface area (Å²) in [5.41, 5.74) is 5.22. The minimum atomic E-state index is -0.913. The van der Waals surface area contributed by atoms with E-state index < -0.39 is 6.10 Å². The Balaban J connectivity index is 1.98. The standard InChI is InChI=1S/C24H23Cl2N3O3/c1-5-32-23-20(12-30)28(9-8-21(23)31)19-10-13(2)27-24-22(19)14(3)15(4)29(24)18-7-6-16(25)11-17(18)26/h6-7,10-11,23H,5,8-9H2,1-4H3. The lowest BCUT2D eigenvalue weighted by Crippen LogP contribution is -2.44. The SMILES string of the molecule is CCOC1C(=O)CCN(c2cc(C)nc3c2c(C)c(C)n3-c2ccc(Cl)cc2Cl)C1=C=O. The number of rotatable bonds is 4. The Kier molecular flexibility index (Phi) is 6.15. The van der Waals surface area contributed by atoms with E-state index in [0.29, 0.717) is 28.8 Å². The predicted molar refractivity (Wildman–Crippen MR) is 127 cm³/mol. The number of hydrogen-bond donors (Lipinski definition) is 0.